The number of benzene rings is 1. The number of rotatable bonds is 6. The SMILES string of the molecule is COc1ccc(C(=O)OCC(=O)NCC2CCCCC2)cc1Br. The largest absolute Gasteiger partial charge is 0.496 e. The molecular formula is C17H22BrNO4. The van der Waals surface area contributed by atoms with Gasteiger partial charge >= 0.3 is 5.97 Å². The first-order chi connectivity index (χ1) is 11.1. The highest BCUT2D eigenvalue weighted by atomic mass is 79.9. The van der Waals surface area contributed by atoms with E-state index in [2.05, 4.69) is 21.2 Å². The van der Waals surface area contributed by atoms with Crippen molar-refractivity contribution in [2.75, 3.05) is 20.3 Å². The van der Waals surface area contributed by atoms with Gasteiger partial charge in [0.1, 0.15) is 5.75 Å². The van der Waals surface area contributed by atoms with E-state index in [4.69, 9.17) is 9.47 Å². The van der Waals surface area contributed by atoms with Gasteiger partial charge in [-0.25, -0.2) is 4.79 Å². The smallest absolute Gasteiger partial charge is 0.338 e. The molecule has 0 bridgehead atoms. The predicted molar refractivity (Wildman–Crippen MR) is 90.6 cm³/mol. The van der Waals surface area contributed by atoms with Gasteiger partial charge in [0.15, 0.2) is 6.61 Å². The Kier molecular flexibility index (Phi) is 6.89. The van der Waals surface area contributed by atoms with Gasteiger partial charge in [0.2, 0.25) is 0 Å². The average Bonchev–Trinajstić information content (AvgIpc) is 2.58. The van der Waals surface area contributed by atoms with Crippen molar-refractivity contribution < 1.29 is 19.1 Å². The van der Waals surface area contributed by atoms with Gasteiger partial charge in [-0.05, 0) is 52.9 Å². The molecule has 0 unspecified atom stereocenters. The molecule has 2 rings (SSSR count). The van der Waals surface area contributed by atoms with Crippen LogP contribution < -0.4 is 10.1 Å². The molecule has 1 saturated carbocycles. The van der Waals surface area contributed by atoms with Gasteiger partial charge in [-0.15, -0.1) is 0 Å². The molecule has 1 aromatic carbocycles. The van der Waals surface area contributed by atoms with E-state index in [1.165, 1.54) is 32.1 Å². The Balaban J connectivity index is 1.74. The summed E-state index contributed by atoms with van der Waals surface area (Å²) in [5.41, 5.74) is 0.373. The zero-order valence-corrected chi connectivity index (χ0v) is 14.9. The number of carbonyl (C=O) groups is 2. The number of hydrogen-bond acceptors (Lipinski definition) is 4. The molecule has 0 saturated heterocycles. The number of esters is 1. The Morgan fingerprint density at radius 3 is 2.65 bits per heavy atom. The molecule has 1 aliphatic rings. The van der Waals surface area contributed by atoms with E-state index < -0.39 is 5.97 Å². The molecule has 1 fully saturated rings. The molecule has 0 radical (unpaired) electrons. The van der Waals surface area contributed by atoms with Crippen molar-refractivity contribution in [3.8, 4) is 5.75 Å². The number of amides is 1. The highest BCUT2D eigenvalue weighted by Gasteiger charge is 2.16. The third kappa shape index (κ3) is 5.53. The van der Waals surface area contributed by atoms with Gasteiger partial charge in [-0.1, -0.05) is 19.3 Å². The van der Waals surface area contributed by atoms with Crippen molar-refractivity contribution in [2.45, 2.75) is 32.1 Å². The van der Waals surface area contributed by atoms with E-state index in [9.17, 15) is 9.59 Å². The maximum absolute atomic E-state index is 11.9. The molecule has 0 heterocycles. The normalized spacial score (nSPS) is 15.0. The van der Waals surface area contributed by atoms with Crippen molar-refractivity contribution >= 4 is 27.8 Å². The topological polar surface area (TPSA) is 64.6 Å². The second kappa shape index (κ2) is 8.91. The summed E-state index contributed by atoms with van der Waals surface area (Å²) in [6.07, 6.45) is 6.10. The predicted octanol–water partition coefficient (Wildman–Crippen LogP) is 3.31. The van der Waals surface area contributed by atoms with Crippen LogP contribution in [0.25, 0.3) is 0 Å². The molecule has 1 aliphatic carbocycles. The zero-order valence-electron chi connectivity index (χ0n) is 13.3. The van der Waals surface area contributed by atoms with E-state index in [-0.39, 0.29) is 12.5 Å². The van der Waals surface area contributed by atoms with E-state index in [1.54, 1.807) is 25.3 Å². The molecule has 0 aliphatic heterocycles. The molecule has 1 N–H and O–H groups in total. The maximum atomic E-state index is 11.9. The minimum absolute atomic E-state index is 0.253. The summed E-state index contributed by atoms with van der Waals surface area (Å²) in [5, 5.41) is 2.84. The molecular weight excluding hydrogens is 362 g/mol. The lowest BCUT2D eigenvalue weighted by atomic mass is 9.89. The van der Waals surface area contributed by atoms with Gasteiger partial charge < -0.3 is 14.8 Å². The van der Waals surface area contributed by atoms with Crippen LogP contribution in [-0.4, -0.2) is 32.1 Å². The average molecular weight is 384 g/mol. The van der Waals surface area contributed by atoms with Gasteiger partial charge in [0.25, 0.3) is 5.91 Å². The van der Waals surface area contributed by atoms with Crippen LogP contribution >= 0.6 is 15.9 Å². The Bertz CT molecular complexity index is 556. The van der Waals surface area contributed by atoms with Crippen LogP contribution in [-0.2, 0) is 9.53 Å². The van der Waals surface area contributed by atoms with Gasteiger partial charge in [0, 0.05) is 6.54 Å². The van der Waals surface area contributed by atoms with Crippen LogP contribution in [0.2, 0.25) is 0 Å². The van der Waals surface area contributed by atoms with Crippen LogP contribution in [0.15, 0.2) is 22.7 Å². The second-order valence-corrected chi connectivity index (χ2v) is 6.59. The van der Waals surface area contributed by atoms with Crippen molar-refractivity contribution in [2.24, 2.45) is 5.92 Å². The summed E-state index contributed by atoms with van der Waals surface area (Å²) in [4.78, 5) is 23.7. The molecule has 1 amide bonds. The summed E-state index contributed by atoms with van der Waals surface area (Å²) in [6.45, 7) is 0.416. The number of nitrogens with one attached hydrogen (secondary N) is 1. The molecule has 1 aromatic rings. The second-order valence-electron chi connectivity index (χ2n) is 5.73. The minimum Gasteiger partial charge on any atom is -0.496 e. The van der Waals surface area contributed by atoms with E-state index in [0.29, 0.717) is 28.2 Å². The first-order valence-electron chi connectivity index (χ1n) is 7.87. The van der Waals surface area contributed by atoms with Crippen LogP contribution in [0.4, 0.5) is 0 Å². The summed E-state index contributed by atoms with van der Waals surface area (Å²) in [7, 11) is 1.55. The molecule has 23 heavy (non-hydrogen) atoms. The summed E-state index contributed by atoms with van der Waals surface area (Å²) in [6, 6.07) is 4.89. The third-order valence-electron chi connectivity index (χ3n) is 4.03. The standard InChI is InChI=1S/C17H22BrNO4/c1-22-15-8-7-13(9-14(15)18)17(21)23-11-16(20)19-10-12-5-3-2-4-6-12/h7-9,12H,2-6,10-11H2,1H3,(H,19,20). The van der Waals surface area contributed by atoms with Crippen molar-refractivity contribution in [3.05, 3.63) is 28.2 Å². The fraction of sp³-hybridized carbons (Fsp3) is 0.529. The Hall–Kier alpha value is -1.56. The summed E-state index contributed by atoms with van der Waals surface area (Å²) < 4.78 is 10.8. The summed E-state index contributed by atoms with van der Waals surface area (Å²) >= 11 is 3.31. The van der Waals surface area contributed by atoms with E-state index in [0.717, 1.165) is 0 Å². The number of methoxy groups -OCH3 is 1. The lowest BCUT2D eigenvalue weighted by Crippen LogP contribution is -2.33. The van der Waals surface area contributed by atoms with Gasteiger partial charge in [0.05, 0.1) is 17.1 Å². The van der Waals surface area contributed by atoms with Crippen LogP contribution in [0.1, 0.15) is 42.5 Å². The molecule has 5 nitrogen and oxygen atoms in total. The van der Waals surface area contributed by atoms with Crippen molar-refractivity contribution in [1.29, 1.82) is 0 Å². The fourth-order valence-electron chi connectivity index (χ4n) is 2.71. The number of carbonyl (C=O) groups excluding carboxylic acids is 2. The van der Waals surface area contributed by atoms with Crippen molar-refractivity contribution in [3.63, 3.8) is 0 Å². The highest BCUT2D eigenvalue weighted by molar-refractivity contribution is 9.10. The Morgan fingerprint density at radius 1 is 1.26 bits per heavy atom. The first-order valence-corrected chi connectivity index (χ1v) is 8.67. The van der Waals surface area contributed by atoms with Crippen LogP contribution in [0.5, 0.6) is 5.75 Å². The van der Waals surface area contributed by atoms with Gasteiger partial charge in [-0.3, -0.25) is 4.79 Å². The Labute approximate surface area is 144 Å². The van der Waals surface area contributed by atoms with E-state index >= 15 is 0 Å². The molecule has 0 atom stereocenters. The lowest BCUT2D eigenvalue weighted by molar-refractivity contribution is -0.124. The highest BCUT2D eigenvalue weighted by Crippen LogP contribution is 2.25. The quantitative estimate of drug-likeness (QED) is 0.765. The molecule has 6 heteroatoms. The van der Waals surface area contributed by atoms with Crippen LogP contribution in [0, 0.1) is 5.92 Å². The number of ether oxygens (including phenoxy) is 2. The summed E-state index contributed by atoms with van der Waals surface area (Å²) in [5.74, 6) is 0.408. The molecule has 0 aromatic heterocycles. The van der Waals surface area contributed by atoms with Crippen LogP contribution in [0.3, 0.4) is 0 Å². The monoisotopic (exact) mass is 383 g/mol. The molecule has 126 valence electrons. The number of hydrogen-bond donors (Lipinski definition) is 1. The number of halogens is 1. The lowest BCUT2D eigenvalue weighted by Gasteiger charge is -2.21. The van der Waals surface area contributed by atoms with Gasteiger partial charge in [-0.2, -0.15) is 0 Å². The first kappa shape index (κ1) is 17.8. The van der Waals surface area contributed by atoms with E-state index in [1.807, 2.05) is 0 Å². The third-order valence-corrected chi connectivity index (χ3v) is 4.65. The minimum atomic E-state index is -0.527. The van der Waals surface area contributed by atoms with Crippen molar-refractivity contribution in [1.82, 2.24) is 5.32 Å². The maximum Gasteiger partial charge on any atom is 0.338 e. The Morgan fingerprint density at radius 2 is 2.00 bits per heavy atom. The zero-order chi connectivity index (χ0) is 16.7. The fourth-order valence-corrected chi connectivity index (χ4v) is 3.25. The molecule has 0 spiro atoms.